The Morgan fingerprint density at radius 1 is 1.12 bits per heavy atom. The second-order valence-corrected chi connectivity index (χ2v) is 6.63. The molecule has 0 aliphatic rings. The Morgan fingerprint density at radius 3 is 2.54 bits per heavy atom. The Morgan fingerprint density at radius 2 is 1.83 bits per heavy atom. The van der Waals surface area contributed by atoms with Gasteiger partial charge in [-0.15, -0.1) is 5.73 Å². The highest BCUT2D eigenvalue weighted by atomic mass is 79.9. The van der Waals surface area contributed by atoms with E-state index in [1.165, 1.54) is 0 Å². The molecule has 0 bridgehead atoms. The predicted octanol–water partition coefficient (Wildman–Crippen LogP) is 4.80. The van der Waals surface area contributed by atoms with Gasteiger partial charge in [-0.25, -0.2) is 0 Å². The molecular weight excluding hydrogens is 368 g/mol. The number of aromatic hydroxyl groups is 1. The van der Waals surface area contributed by atoms with Crippen LogP contribution in [0.3, 0.4) is 0 Å². The molecule has 24 heavy (non-hydrogen) atoms. The van der Waals surface area contributed by atoms with E-state index < -0.39 is 12.2 Å². The fourth-order valence-corrected chi connectivity index (χ4v) is 2.78. The van der Waals surface area contributed by atoms with Crippen LogP contribution in [-0.2, 0) is 0 Å². The van der Waals surface area contributed by atoms with E-state index in [0.717, 1.165) is 15.6 Å². The summed E-state index contributed by atoms with van der Waals surface area (Å²) in [5, 5.41) is 30.2. The number of hydrogen-bond acceptors (Lipinski definition) is 3. The summed E-state index contributed by atoms with van der Waals surface area (Å²) >= 11 is 3.33. The van der Waals surface area contributed by atoms with E-state index in [2.05, 4.69) is 21.7 Å². The molecule has 3 N–H and O–H groups in total. The van der Waals surface area contributed by atoms with Gasteiger partial charge in [-0.05, 0) is 42.3 Å². The molecule has 0 fully saturated rings. The first-order valence-electron chi connectivity index (χ1n) is 7.77. The minimum absolute atomic E-state index is 0.0688. The van der Waals surface area contributed by atoms with Crippen LogP contribution in [0.1, 0.15) is 43.1 Å². The first kappa shape index (κ1) is 18.5. The molecule has 0 aliphatic heterocycles. The number of phenols is 1. The van der Waals surface area contributed by atoms with Gasteiger partial charge >= 0.3 is 0 Å². The summed E-state index contributed by atoms with van der Waals surface area (Å²) in [5.41, 5.74) is 5.35. The molecule has 0 heterocycles. The maximum atomic E-state index is 10.2. The van der Waals surface area contributed by atoms with Crippen molar-refractivity contribution in [3.8, 4) is 5.75 Å². The molecule has 0 amide bonds. The zero-order chi connectivity index (χ0) is 17.5. The van der Waals surface area contributed by atoms with Gasteiger partial charge in [0.05, 0.1) is 12.2 Å². The molecule has 2 rings (SSSR count). The highest BCUT2D eigenvalue weighted by Crippen LogP contribution is 2.29. The summed E-state index contributed by atoms with van der Waals surface area (Å²) in [6, 6.07) is 14.5. The summed E-state index contributed by atoms with van der Waals surface area (Å²) in [5.74, 6) is 0.0688. The van der Waals surface area contributed by atoms with Crippen molar-refractivity contribution in [2.24, 2.45) is 0 Å². The minimum Gasteiger partial charge on any atom is -0.508 e. The summed E-state index contributed by atoms with van der Waals surface area (Å²) in [7, 11) is 0. The van der Waals surface area contributed by atoms with Crippen molar-refractivity contribution >= 4 is 15.9 Å². The lowest BCUT2D eigenvalue weighted by atomic mass is 10.0. The topological polar surface area (TPSA) is 60.7 Å². The van der Waals surface area contributed by atoms with Crippen molar-refractivity contribution in [3.05, 3.63) is 81.5 Å². The van der Waals surface area contributed by atoms with E-state index in [-0.39, 0.29) is 5.75 Å². The molecule has 0 radical (unpaired) electrons. The molecule has 0 saturated heterocycles. The van der Waals surface area contributed by atoms with Crippen LogP contribution in [0.25, 0.3) is 0 Å². The largest absolute Gasteiger partial charge is 0.508 e. The number of hydrogen-bond donors (Lipinski definition) is 3. The Bertz CT molecular complexity index is 734. The monoisotopic (exact) mass is 388 g/mol. The van der Waals surface area contributed by atoms with Crippen LogP contribution in [0.2, 0.25) is 0 Å². The van der Waals surface area contributed by atoms with Gasteiger partial charge < -0.3 is 15.3 Å². The summed E-state index contributed by atoms with van der Waals surface area (Å²) < 4.78 is 0.802. The zero-order valence-corrected chi connectivity index (χ0v) is 15.1. The molecule has 2 atom stereocenters. The maximum Gasteiger partial charge on any atom is 0.121 e. The zero-order valence-electron chi connectivity index (χ0n) is 13.5. The molecule has 0 aromatic heterocycles. The lowest BCUT2D eigenvalue weighted by Crippen LogP contribution is -1.97. The van der Waals surface area contributed by atoms with E-state index >= 15 is 0 Å². The van der Waals surface area contributed by atoms with Crippen LogP contribution < -0.4 is 0 Å². The predicted molar refractivity (Wildman–Crippen MR) is 98.7 cm³/mol. The van der Waals surface area contributed by atoms with Crippen molar-refractivity contribution in [2.45, 2.75) is 32.0 Å². The molecule has 2 aromatic rings. The Labute approximate surface area is 150 Å². The molecular formula is C20H21BrO3. The lowest BCUT2D eigenvalue weighted by molar-refractivity contribution is 0.177. The average Bonchev–Trinajstić information content (AvgIpc) is 2.57. The van der Waals surface area contributed by atoms with Gasteiger partial charge in [-0.2, -0.15) is 0 Å². The van der Waals surface area contributed by atoms with Gasteiger partial charge in [0.2, 0.25) is 0 Å². The summed E-state index contributed by atoms with van der Waals surface area (Å²) in [4.78, 5) is 0. The van der Waals surface area contributed by atoms with Crippen molar-refractivity contribution in [3.63, 3.8) is 0 Å². The normalized spacial score (nSPS) is 13.0. The van der Waals surface area contributed by atoms with Crippen molar-refractivity contribution in [2.75, 3.05) is 0 Å². The van der Waals surface area contributed by atoms with Crippen molar-refractivity contribution < 1.29 is 15.3 Å². The van der Waals surface area contributed by atoms with Gasteiger partial charge in [-0.1, -0.05) is 46.3 Å². The summed E-state index contributed by atoms with van der Waals surface area (Å²) in [6.45, 7) is 1.89. The second-order valence-electron chi connectivity index (χ2n) is 5.71. The Balaban J connectivity index is 1.98. The van der Waals surface area contributed by atoms with Crippen molar-refractivity contribution in [1.82, 2.24) is 0 Å². The molecule has 0 spiro atoms. The first-order valence-corrected chi connectivity index (χ1v) is 8.57. The number of aliphatic hydroxyl groups is 2. The summed E-state index contributed by atoms with van der Waals surface area (Å²) in [6.07, 6.45) is 1.19. The third-order valence-corrected chi connectivity index (χ3v) is 4.22. The van der Waals surface area contributed by atoms with E-state index in [1.807, 2.05) is 37.3 Å². The molecule has 2 aromatic carbocycles. The van der Waals surface area contributed by atoms with Crippen LogP contribution in [0.4, 0.5) is 0 Å². The average molecular weight is 389 g/mol. The fourth-order valence-electron chi connectivity index (χ4n) is 2.41. The van der Waals surface area contributed by atoms with Crippen LogP contribution in [0.15, 0.2) is 70.4 Å². The van der Waals surface area contributed by atoms with Gasteiger partial charge in [0.1, 0.15) is 5.75 Å². The highest BCUT2D eigenvalue weighted by Gasteiger charge is 2.11. The van der Waals surface area contributed by atoms with Gasteiger partial charge in [0, 0.05) is 22.9 Å². The molecule has 3 nitrogen and oxygen atoms in total. The third kappa shape index (κ3) is 5.36. The van der Waals surface area contributed by atoms with E-state index in [9.17, 15) is 15.3 Å². The van der Waals surface area contributed by atoms with E-state index in [1.54, 1.807) is 24.3 Å². The number of benzene rings is 2. The molecule has 126 valence electrons. The number of phenolic OH excluding ortho intramolecular Hbond substituents is 1. The SMILES string of the molecule is CC(=C=CC[C@@H](O)c1cc(Br)ccc1O)C[C@@H](O)c1ccccc1. The smallest absolute Gasteiger partial charge is 0.121 e. The van der Waals surface area contributed by atoms with Crippen LogP contribution in [0.5, 0.6) is 5.75 Å². The first-order chi connectivity index (χ1) is 11.5. The lowest BCUT2D eigenvalue weighted by Gasteiger charge is -2.11. The molecule has 0 unspecified atom stereocenters. The minimum atomic E-state index is -0.804. The highest BCUT2D eigenvalue weighted by molar-refractivity contribution is 9.10. The van der Waals surface area contributed by atoms with Gasteiger partial charge in [0.15, 0.2) is 0 Å². The third-order valence-electron chi connectivity index (χ3n) is 3.72. The van der Waals surface area contributed by atoms with Gasteiger partial charge in [-0.3, -0.25) is 0 Å². The number of aliphatic hydroxyl groups excluding tert-OH is 2. The Hall–Kier alpha value is -1.84. The quantitative estimate of drug-likeness (QED) is 0.622. The molecule has 0 aliphatic carbocycles. The molecule has 4 heteroatoms. The second kappa shape index (κ2) is 8.86. The van der Waals surface area contributed by atoms with E-state index in [4.69, 9.17) is 0 Å². The maximum absolute atomic E-state index is 10.2. The van der Waals surface area contributed by atoms with Crippen LogP contribution >= 0.6 is 15.9 Å². The number of halogens is 1. The van der Waals surface area contributed by atoms with Crippen LogP contribution in [-0.4, -0.2) is 15.3 Å². The standard InChI is InChI=1S/C20H21BrO3/c1-14(12-20(24)15-7-3-2-4-8-15)6-5-9-18(22)17-13-16(21)10-11-19(17)23/h2-5,7-8,10-11,13,18,20,22-24H,9,12H2,1H3/t6?,18-,20-/m1/s1. The Kier molecular flexibility index (Phi) is 6.83. The fraction of sp³-hybridized carbons (Fsp3) is 0.250. The van der Waals surface area contributed by atoms with Crippen LogP contribution in [0, 0.1) is 0 Å². The number of rotatable bonds is 6. The van der Waals surface area contributed by atoms with Gasteiger partial charge in [0.25, 0.3) is 0 Å². The van der Waals surface area contributed by atoms with Crippen molar-refractivity contribution in [1.29, 1.82) is 0 Å². The van der Waals surface area contributed by atoms with E-state index in [0.29, 0.717) is 18.4 Å². The molecule has 0 saturated carbocycles.